The first kappa shape index (κ1) is 15.9. The van der Waals surface area contributed by atoms with Crippen molar-refractivity contribution in [3.05, 3.63) is 29.6 Å². The van der Waals surface area contributed by atoms with Gasteiger partial charge in [0.25, 0.3) is 5.91 Å². The Kier molecular flexibility index (Phi) is 5.49. The van der Waals surface area contributed by atoms with Crippen LogP contribution in [0.2, 0.25) is 0 Å². The van der Waals surface area contributed by atoms with Gasteiger partial charge >= 0.3 is 5.97 Å². The lowest BCUT2D eigenvalue weighted by molar-refractivity contribution is -0.144. The second-order valence-corrected chi connectivity index (χ2v) is 4.57. The van der Waals surface area contributed by atoms with Crippen molar-refractivity contribution in [2.75, 3.05) is 18.9 Å². The molecular weight excluding hydrogens is 263 g/mol. The minimum Gasteiger partial charge on any atom is -0.465 e. The second-order valence-electron chi connectivity index (χ2n) is 4.57. The number of carbonyl (C=O) groups excluding carboxylic acids is 2. The van der Waals surface area contributed by atoms with Gasteiger partial charge in [-0.15, -0.1) is 0 Å². The number of rotatable bonds is 5. The molecule has 110 valence electrons. The van der Waals surface area contributed by atoms with Gasteiger partial charge in [0.1, 0.15) is 12.4 Å². The summed E-state index contributed by atoms with van der Waals surface area (Å²) in [4.78, 5) is 25.1. The molecule has 20 heavy (non-hydrogen) atoms. The third-order valence-corrected chi connectivity index (χ3v) is 2.74. The Morgan fingerprint density at radius 1 is 1.40 bits per heavy atom. The molecule has 1 aromatic carbocycles. The van der Waals surface area contributed by atoms with Gasteiger partial charge in [0.05, 0.1) is 12.3 Å². The molecular formula is C14H19FN2O3. The van der Waals surface area contributed by atoms with Gasteiger partial charge in [-0.3, -0.25) is 9.59 Å². The molecule has 0 radical (unpaired) electrons. The summed E-state index contributed by atoms with van der Waals surface area (Å²) in [7, 11) is 0. The average molecular weight is 282 g/mol. The average Bonchev–Trinajstić information content (AvgIpc) is 2.38. The fraction of sp³-hybridized carbons (Fsp3) is 0.429. The highest BCUT2D eigenvalue weighted by Crippen LogP contribution is 2.15. The van der Waals surface area contributed by atoms with Gasteiger partial charge in [-0.25, -0.2) is 4.39 Å². The number of amides is 1. The number of nitrogens with two attached hydrogens (primary N) is 1. The van der Waals surface area contributed by atoms with Crippen LogP contribution >= 0.6 is 0 Å². The number of benzene rings is 1. The number of hydrogen-bond acceptors (Lipinski definition) is 4. The predicted molar refractivity (Wildman–Crippen MR) is 73.6 cm³/mol. The summed E-state index contributed by atoms with van der Waals surface area (Å²) in [6.07, 6.45) is 0. The first-order chi connectivity index (χ1) is 9.36. The van der Waals surface area contributed by atoms with Crippen molar-refractivity contribution in [1.29, 1.82) is 0 Å². The van der Waals surface area contributed by atoms with E-state index in [0.717, 1.165) is 6.07 Å². The van der Waals surface area contributed by atoms with Crippen LogP contribution < -0.4 is 5.73 Å². The Morgan fingerprint density at radius 3 is 2.55 bits per heavy atom. The van der Waals surface area contributed by atoms with Crippen LogP contribution in [0.1, 0.15) is 31.1 Å². The zero-order valence-corrected chi connectivity index (χ0v) is 11.9. The van der Waals surface area contributed by atoms with E-state index in [1.807, 2.05) is 0 Å². The van der Waals surface area contributed by atoms with E-state index in [0.29, 0.717) is 0 Å². The van der Waals surface area contributed by atoms with E-state index >= 15 is 0 Å². The summed E-state index contributed by atoms with van der Waals surface area (Å²) in [5, 5.41) is 0. The van der Waals surface area contributed by atoms with Crippen LogP contribution in [0.3, 0.4) is 0 Å². The molecule has 6 heteroatoms. The topological polar surface area (TPSA) is 72.6 Å². The van der Waals surface area contributed by atoms with E-state index in [2.05, 4.69) is 0 Å². The number of hydrogen-bond donors (Lipinski definition) is 1. The third kappa shape index (κ3) is 3.94. The minimum absolute atomic E-state index is 0.0250. The molecule has 0 fully saturated rings. The second kappa shape index (κ2) is 6.88. The number of ether oxygens (including phenoxy) is 1. The minimum atomic E-state index is -0.657. The zero-order valence-electron chi connectivity index (χ0n) is 11.9. The normalized spacial score (nSPS) is 10.4. The van der Waals surface area contributed by atoms with Gasteiger partial charge in [0.15, 0.2) is 0 Å². The maximum Gasteiger partial charge on any atom is 0.325 e. The molecule has 5 nitrogen and oxygen atoms in total. The first-order valence-electron chi connectivity index (χ1n) is 6.38. The smallest absolute Gasteiger partial charge is 0.325 e. The Hall–Kier alpha value is -2.11. The Morgan fingerprint density at radius 2 is 2.05 bits per heavy atom. The molecule has 0 saturated carbocycles. The van der Waals surface area contributed by atoms with Crippen molar-refractivity contribution in [2.45, 2.75) is 26.8 Å². The van der Waals surface area contributed by atoms with Crippen molar-refractivity contribution in [2.24, 2.45) is 0 Å². The van der Waals surface area contributed by atoms with Gasteiger partial charge in [-0.1, -0.05) is 0 Å². The molecule has 0 aliphatic heterocycles. The van der Waals surface area contributed by atoms with Crippen molar-refractivity contribution < 1.29 is 18.7 Å². The fourth-order valence-corrected chi connectivity index (χ4v) is 1.66. The van der Waals surface area contributed by atoms with Crippen LogP contribution in [0.25, 0.3) is 0 Å². The lowest BCUT2D eigenvalue weighted by Gasteiger charge is -2.25. The Labute approximate surface area is 117 Å². The molecule has 2 N–H and O–H groups in total. The molecule has 0 atom stereocenters. The number of nitrogens with zero attached hydrogens (tertiary/aromatic N) is 1. The maximum absolute atomic E-state index is 13.4. The molecule has 0 aliphatic rings. The molecule has 1 rings (SSSR count). The Balaban J connectivity index is 2.93. The fourth-order valence-electron chi connectivity index (χ4n) is 1.66. The van der Waals surface area contributed by atoms with Crippen LogP contribution in [0.5, 0.6) is 0 Å². The first-order valence-corrected chi connectivity index (χ1v) is 6.38. The monoisotopic (exact) mass is 282 g/mol. The Bertz CT molecular complexity index is 503. The molecule has 0 bridgehead atoms. The third-order valence-electron chi connectivity index (χ3n) is 2.74. The highest BCUT2D eigenvalue weighted by Gasteiger charge is 2.22. The van der Waals surface area contributed by atoms with Crippen LogP contribution in [-0.4, -0.2) is 36.0 Å². The molecule has 1 amide bonds. The molecule has 0 aliphatic carbocycles. The van der Waals surface area contributed by atoms with Crippen molar-refractivity contribution in [3.8, 4) is 0 Å². The summed E-state index contributed by atoms with van der Waals surface area (Å²) >= 11 is 0. The van der Waals surface area contributed by atoms with E-state index in [4.69, 9.17) is 10.5 Å². The summed E-state index contributed by atoms with van der Waals surface area (Å²) in [6, 6.07) is 3.61. The van der Waals surface area contributed by atoms with Crippen LogP contribution in [0.15, 0.2) is 18.2 Å². The quantitative estimate of drug-likeness (QED) is 0.660. The van der Waals surface area contributed by atoms with Gasteiger partial charge in [-0.05, 0) is 39.0 Å². The highest BCUT2D eigenvalue weighted by molar-refractivity contribution is 5.96. The van der Waals surface area contributed by atoms with Crippen LogP contribution in [-0.2, 0) is 9.53 Å². The number of nitrogen functional groups attached to an aromatic ring is 1. The summed E-state index contributed by atoms with van der Waals surface area (Å²) < 4.78 is 18.2. The van der Waals surface area contributed by atoms with Crippen molar-refractivity contribution in [1.82, 2.24) is 4.90 Å². The lowest BCUT2D eigenvalue weighted by Crippen LogP contribution is -2.41. The SMILES string of the molecule is CCOC(=O)CN(C(=O)c1ccc(N)c(F)c1)C(C)C. The van der Waals surface area contributed by atoms with Crippen molar-refractivity contribution in [3.63, 3.8) is 0 Å². The number of anilines is 1. The van der Waals surface area contributed by atoms with E-state index in [1.165, 1.54) is 17.0 Å². The van der Waals surface area contributed by atoms with E-state index in [1.54, 1.807) is 20.8 Å². The number of halogens is 1. The number of esters is 1. The molecule has 0 unspecified atom stereocenters. The van der Waals surface area contributed by atoms with E-state index in [-0.39, 0.29) is 30.4 Å². The lowest BCUT2D eigenvalue weighted by atomic mass is 10.1. The van der Waals surface area contributed by atoms with E-state index in [9.17, 15) is 14.0 Å². The van der Waals surface area contributed by atoms with Crippen molar-refractivity contribution >= 4 is 17.6 Å². The van der Waals surface area contributed by atoms with Gasteiger partial charge in [-0.2, -0.15) is 0 Å². The summed E-state index contributed by atoms with van der Waals surface area (Å²) in [6.45, 7) is 5.30. The van der Waals surface area contributed by atoms with Gasteiger partial charge in [0, 0.05) is 11.6 Å². The number of carbonyl (C=O) groups is 2. The molecule has 0 heterocycles. The predicted octanol–water partition coefficient (Wildman–Crippen LogP) is 1.82. The zero-order chi connectivity index (χ0) is 15.3. The summed E-state index contributed by atoms with van der Waals surface area (Å²) in [5.41, 5.74) is 5.49. The molecule has 0 saturated heterocycles. The highest BCUT2D eigenvalue weighted by atomic mass is 19.1. The van der Waals surface area contributed by atoms with Crippen LogP contribution in [0.4, 0.5) is 10.1 Å². The van der Waals surface area contributed by atoms with Crippen LogP contribution in [0, 0.1) is 5.82 Å². The maximum atomic E-state index is 13.4. The molecule has 1 aromatic rings. The van der Waals surface area contributed by atoms with Gasteiger partial charge < -0.3 is 15.4 Å². The van der Waals surface area contributed by atoms with Gasteiger partial charge in [0.2, 0.25) is 0 Å². The summed E-state index contributed by atoms with van der Waals surface area (Å²) in [5.74, 6) is -1.59. The largest absolute Gasteiger partial charge is 0.465 e. The van der Waals surface area contributed by atoms with E-state index < -0.39 is 17.7 Å². The molecule has 0 aromatic heterocycles. The molecule has 0 spiro atoms. The standard InChI is InChI=1S/C14H19FN2O3/c1-4-20-13(18)8-17(9(2)3)14(19)10-5-6-12(16)11(15)7-10/h5-7,9H,4,8,16H2,1-3H3.